The van der Waals surface area contributed by atoms with Gasteiger partial charge in [0.05, 0.1) is 5.02 Å². The maximum absolute atomic E-state index is 8.83. The van der Waals surface area contributed by atoms with Gasteiger partial charge < -0.3 is 14.6 Å². The molecule has 5 nitrogen and oxygen atoms in total. The molecule has 2 aromatic rings. The fraction of sp³-hybridized carbons (Fsp3) is 0.167. The van der Waals surface area contributed by atoms with E-state index >= 15 is 0 Å². The molecule has 0 amide bonds. The number of rotatable bonds is 2. The predicted octanol–water partition coefficient (Wildman–Crippen LogP) is 1.23. The zero-order chi connectivity index (χ0) is 13.0. The van der Waals surface area contributed by atoms with Crippen molar-refractivity contribution in [3.63, 3.8) is 0 Å². The number of hydrogen-bond acceptors (Lipinski definition) is 5. The summed E-state index contributed by atoms with van der Waals surface area (Å²) < 4.78 is 5.19. The van der Waals surface area contributed by atoms with Crippen molar-refractivity contribution in [1.82, 2.24) is 10.2 Å². The van der Waals surface area contributed by atoms with Crippen LogP contribution in [0.5, 0.6) is 0 Å². The van der Waals surface area contributed by atoms with Crippen LogP contribution in [0.15, 0.2) is 22.6 Å². The number of aliphatic hydroxyl groups is 2. The average Bonchev–Trinajstić information content (AvgIpc) is 2.86. The van der Waals surface area contributed by atoms with Crippen molar-refractivity contribution < 1.29 is 14.6 Å². The second-order valence-electron chi connectivity index (χ2n) is 3.31. The lowest BCUT2D eigenvalue weighted by Crippen LogP contribution is -1.83. The first-order chi connectivity index (χ1) is 8.74. The molecule has 0 saturated heterocycles. The molecule has 0 saturated carbocycles. The predicted molar refractivity (Wildman–Crippen MR) is 64.6 cm³/mol. The molecule has 0 fully saturated rings. The number of hydrogen-bond donors (Lipinski definition) is 2. The minimum atomic E-state index is -0.305. The van der Waals surface area contributed by atoms with Gasteiger partial charge in [0.25, 0.3) is 0 Å². The molecule has 18 heavy (non-hydrogen) atoms. The van der Waals surface area contributed by atoms with E-state index in [0.29, 0.717) is 16.1 Å². The van der Waals surface area contributed by atoms with E-state index in [0.717, 1.165) is 0 Å². The lowest BCUT2D eigenvalue weighted by molar-refractivity contribution is 0.241. The van der Waals surface area contributed by atoms with Gasteiger partial charge in [-0.15, -0.1) is 10.2 Å². The summed E-state index contributed by atoms with van der Waals surface area (Å²) >= 11 is 6.03. The molecule has 1 aromatic heterocycles. The van der Waals surface area contributed by atoms with Gasteiger partial charge in [0.2, 0.25) is 11.8 Å². The van der Waals surface area contributed by atoms with E-state index < -0.39 is 0 Å². The highest BCUT2D eigenvalue weighted by molar-refractivity contribution is 6.32. The first kappa shape index (κ1) is 12.6. The van der Waals surface area contributed by atoms with Gasteiger partial charge in [-0.25, -0.2) is 0 Å². The highest BCUT2D eigenvalue weighted by Crippen LogP contribution is 2.24. The van der Waals surface area contributed by atoms with E-state index in [1.165, 1.54) is 0 Å². The Bertz CT molecular complexity index is 613. The second-order valence-corrected chi connectivity index (χ2v) is 3.72. The molecular weight excluding hydrogens is 256 g/mol. The van der Waals surface area contributed by atoms with Crippen LogP contribution in [0.4, 0.5) is 0 Å². The van der Waals surface area contributed by atoms with Crippen LogP contribution in [-0.4, -0.2) is 27.0 Å². The van der Waals surface area contributed by atoms with Crippen LogP contribution in [0.2, 0.25) is 5.02 Å². The van der Waals surface area contributed by atoms with Crippen molar-refractivity contribution in [3.05, 3.63) is 34.7 Å². The topological polar surface area (TPSA) is 79.4 Å². The zero-order valence-corrected chi connectivity index (χ0v) is 9.98. The molecular formula is C12H9ClN2O3. The summed E-state index contributed by atoms with van der Waals surface area (Å²) in [6.07, 6.45) is 0. The number of aliphatic hydroxyl groups excluding tert-OH is 2. The lowest BCUT2D eigenvalue weighted by Gasteiger charge is -1.98. The standard InChI is InChI=1S/C12H9ClN2O3/c13-10-6-9(4-3-8(10)2-1-5-16)12-15-14-11(7-17)18-12/h3-4,6,16-17H,5,7H2. The normalized spacial score (nSPS) is 9.94. The third kappa shape index (κ3) is 2.68. The maximum Gasteiger partial charge on any atom is 0.247 e. The summed E-state index contributed by atoms with van der Waals surface area (Å²) in [4.78, 5) is 0. The van der Waals surface area contributed by atoms with Gasteiger partial charge in [0, 0.05) is 11.1 Å². The van der Waals surface area contributed by atoms with Crippen molar-refractivity contribution in [3.8, 4) is 23.3 Å². The highest BCUT2D eigenvalue weighted by atomic mass is 35.5. The minimum Gasteiger partial charge on any atom is -0.418 e. The van der Waals surface area contributed by atoms with Gasteiger partial charge in [0.1, 0.15) is 13.2 Å². The summed E-state index contributed by atoms with van der Waals surface area (Å²) in [5, 5.41) is 25.3. The van der Waals surface area contributed by atoms with Crippen molar-refractivity contribution in [1.29, 1.82) is 0 Å². The van der Waals surface area contributed by atoms with Gasteiger partial charge in [-0.2, -0.15) is 0 Å². The van der Waals surface area contributed by atoms with Crippen LogP contribution >= 0.6 is 11.6 Å². The van der Waals surface area contributed by atoms with E-state index in [9.17, 15) is 0 Å². The number of nitrogens with zero attached hydrogens (tertiary/aromatic N) is 2. The molecule has 6 heteroatoms. The monoisotopic (exact) mass is 264 g/mol. The Morgan fingerprint density at radius 1 is 1.28 bits per heavy atom. The molecule has 0 radical (unpaired) electrons. The Hall–Kier alpha value is -1.87. The van der Waals surface area contributed by atoms with Gasteiger partial charge in [-0.1, -0.05) is 23.4 Å². The molecule has 0 atom stereocenters. The molecule has 2 N–H and O–H groups in total. The second kappa shape index (κ2) is 5.65. The smallest absolute Gasteiger partial charge is 0.247 e. The third-order valence-corrected chi connectivity index (χ3v) is 2.43. The van der Waals surface area contributed by atoms with Crippen LogP contribution in [0.3, 0.4) is 0 Å². The molecule has 0 bridgehead atoms. The molecule has 0 aliphatic carbocycles. The molecule has 92 valence electrons. The van der Waals surface area contributed by atoms with E-state index in [2.05, 4.69) is 22.0 Å². The quantitative estimate of drug-likeness (QED) is 0.798. The van der Waals surface area contributed by atoms with Gasteiger partial charge in [-0.05, 0) is 18.2 Å². The molecule has 0 aliphatic heterocycles. The highest BCUT2D eigenvalue weighted by Gasteiger charge is 2.09. The van der Waals surface area contributed by atoms with E-state index in [4.69, 9.17) is 26.2 Å². The number of halogens is 1. The van der Waals surface area contributed by atoms with Gasteiger partial charge in [0.15, 0.2) is 0 Å². The Morgan fingerprint density at radius 2 is 2.11 bits per heavy atom. The number of aromatic nitrogens is 2. The molecule has 2 rings (SSSR count). The van der Waals surface area contributed by atoms with Crippen LogP contribution < -0.4 is 0 Å². The van der Waals surface area contributed by atoms with Gasteiger partial charge >= 0.3 is 0 Å². The average molecular weight is 265 g/mol. The van der Waals surface area contributed by atoms with E-state index in [1.54, 1.807) is 18.2 Å². The molecule has 0 aliphatic rings. The van der Waals surface area contributed by atoms with Crippen molar-refractivity contribution in [2.24, 2.45) is 0 Å². The molecule has 0 unspecified atom stereocenters. The van der Waals surface area contributed by atoms with Crippen molar-refractivity contribution in [2.75, 3.05) is 6.61 Å². The summed E-state index contributed by atoms with van der Waals surface area (Å²) in [5.41, 5.74) is 1.25. The zero-order valence-electron chi connectivity index (χ0n) is 9.22. The van der Waals surface area contributed by atoms with Crippen LogP contribution in [-0.2, 0) is 6.61 Å². The van der Waals surface area contributed by atoms with E-state index in [1.807, 2.05) is 0 Å². The Kier molecular flexibility index (Phi) is 3.95. The Balaban J connectivity index is 2.33. The van der Waals surface area contributed by atoms with Crippen LogP contribution in [0.25, 0.3) is 11.5 Å². The fourth-order valence-corrected chi connectivity index (χ4v) is 1.55. The first-order valence-electron chi connectivity index (χ1n) is 5.07. The van der Waals surface area contributed by atoms with Gasteiger partial charge in [-0.3, -0.25) is 0 Å². The molecule has 0 spiro atoms. The summed E-state index contributed by atoms with van der Waals surface area (Å²) in [5.74, 6) is 5.66. The first-order valence-corrected chi connectivity index (χ1v) is 5.45. The SMILES string of the molecule is OCC#Cc1ccc(-c2nnc(CO)o2)cc1Cl. The van der Waals surface area contributed by atoms with Crippen LogP contribution in [0.1, 0.15) is 11.5 Å². The van der Waals surface area contributed by atoms with Crippen molar-refractivity contribution in [2.45, 2.75) is 6.61 Å². The summed E-state index contributed by atoms with van der Waals surface area (Å²) in [7, 11) is 0. The minimum absolute atomic E-state index is 0.144. The Labute approximate surface area is 108 Å². The Morgan fingerprint density at radius 3 is 2.72 bits per heavy atom. The van der Waals surface area contributed by atoms with Crippen LogP contribution in [0, 0.1) is 11.8 Å². The molecule has 1 heterocycles. The fourth-order valence-electron chi connectivity index (χ4n) is 1.32. The molecule has 1 aromatic carbocycles. The summed E-state index contributed by atoms with van der Waals surface area (Å²) in [6, 6.07) is 5.06. The third-order valence-electron chi connectivity index (χ3n) is 2.12. The maximum atomic E-state index is 8.83. The number of benzene rings is 1. The summed E-state index contributed by atoms with van der Waals surface area (Å²) in [6.45, 7) is -0.525. The van der Waals surface area contributed by atoms with Crippen molar-refractivity contribution >= 4 is 11.6 Å². The largest absolute Gasteiger partial charge is 0.418 e. The lowest BCUT2D eigenvalue weighted by atomic mass is 10.1. The van der Waals surface area contributed by atoms with E-state index in [-0.39, 0.29) is 25.0 Å².